The topological polar surface area (TPSA) is 54.3 Å². The van der Waals surface area contributed by atoms with E-state index in [9.17, 15) is 9.59 Å². The number of aryl methyl sites for hydroxylation is 2. The molecule has 1 N–H and O–H groups in total. The van der Waals surface area contributed by atoms with Crippen LogP contribution >= 0.6 is 24.0 Å². The van der Waals surface area contributed by atoms with E-state index in [1.807, 2.05) is 73.0 Å². The van der Waals surface area contributed by atoms with Crippen molar-refractivity contribution in [3.63, 3.8) is 0 Å². The normalized spacial score (nSPS) is 19.5. The van der Waals surface area contributed by atoms with Crippen molar-refractivity contribution < 1.29 is 4.79 Å². The fraction of sp³-hybridized carbons (Fsp3) is 0.321. The molecular weight excluding hydrogens is 474 g/mol. The Morgan fingerprint density at radius 3 is 2.63 bits per heavy atom. The summed E-state index contributed by atoms with van der Waals surface area (Å²) in [6, 6.07) is 21.5. The molecule has 1 fully saturated rings. The summed E-state index contributed by atoms with van der Waals surface area (Å²) in [4.78, 5) is 28.1. The average Bonchev–Trinajstić information content (AvgIpc) is 2.85. The molecule has 1 saturated heterocycles. The Morgan fingerprint density at radius 2 is 1.83 bits per heavy atom. The summed E-state index contributed by atoms with van der Waals surface area (Å²) in [5.41, 5.74) is 5.06. The SMILES string of the molecule is Cc1ccc(C)c(NC(=O)[C@@H](SC(=S)N2C[C@@H]3C[C@@H](C2)c2cccc(=O)n2C3)c2ccccc2)c1. The average molecular weight is 504 g/mol. The molecule has 2 bridgehead atoms. The van der Waals surface area contributed by atoms with Gasteiger partial charge in [-0.25, -0.2) is 0 Å². The summed E-state index contributed by atoms with van der Waals surface area (Å²) in [7, 11) is 0. The molecule has 3 heterocycles. The lowest BCUT2D eigenvalue weighted by Crippen LogP contribution is -2.48. The number of fused-ring (bicyclic) bond motifs is 4. The predicted molar refractivity (Wildman–Crippen MR) is 147 cm³/mol. The Labute approximate surface area is 215 Å². The number of hydrogen-bond donors (Lipinski definition) is 1. The lowest BCUT2D eigenvalue weighted by molar-refractivity contribution is -0.115. The Kier molecular flexibility index (Phi) is 6.80. The van der Waals surface area contributed by atoms with Crippen LogP contribution in [0.25, 0.3) is 0 Å². The van der Waals surface area contributed by atoms with Crippen molar-refractivity contribution in [2.24, 2.45) is 5.92 Å². The first-order valence-electron chi connectivity index (χ1n) is 12.0. The van der Waals surface area contributed by atoms with Crippen LogP contribution in [0.2, 0.25) is 0 Å². The summed E-state index contributed by atoms with van der Waals surface area (Å²) in [6.45, 7) is 6.33. The van der Waals surface area contributed by atoms with Gasteiger partial charge in [-0.05, 0) is 55.0 Å². The largest absolute Gasteiger partial charge is 0.356 e. The molecule has 2 aliphatic rings. The van der Waals surface area contributed by atoms with E-state index in [4.69, 9.17) is 12.2 Å². The molecule has 2 aliphatic heterocycles. The third kappa shape index (κ3) is 5.07. The van der Waals surface area contributed by atoms with Gasteiger partial charge in [-0.3, -0.25) is 9.59 Å². The van der Waals surface area contributed by atoms with Crippen molar-refractivity contribution in [1.82, 2.24) is 9.47 Å². The van der Waals surface area contributed by atoms with Gasteiger partial charge in [-0.15, -0.1) is 0 Å². The Bertz CT molecular complexity index is 1320. The van der Waals surface area contributed by atoms with Crippen molar-refractivity contribution in [2.45, 2.75) is 38.0 Å². The second kappa shape index (κ2) is 9.99. The van der Waals surface area contributed by atoms with Gasteiger partial charge in [-0.2, -0.15) is 0 Å². The van der Waals surface area contributed by atoms with Crippen molar-refractivity contribution in [2.75, 3.05) is 18.4 Å². The van der Waals surface area contributed by atoms with E-state index >= 15 is 0 Å². The number of anilines is 1. The third-order valence-electron chi connectivity index (χ3n) is 6.95. The second-order valence-corrected chi connectivity index (χ2v) is 11.3. The van der Waals surface area contributed by atoms with Crippen molar-refractivity contribution in [1.29, 1.82) is 0 Å². The summed E-state index contributed by atoms with van der Waals surface area (Å²) in [6.07, 6.45) is 1.07. The van der Waals surface area contributed by atoms with Gasteiger partial charge in [0.05, 0.1) is 0 Å². The van der Waals surface area contributed by atoms with Crippen LogP contribution in [-0.4, -0.2) is 32.8 Å². The highest BCUT2D eigenvalue weighted by Gasteiger charge is 2.36. The standard InChI is InChI=1S/C28H29N3O2S2/c1-18-11-12-19(2)23(13-18)29-27(33)26(21-7-4-3-5-8-21)35-28(34)30-15-20-14-22(17-30)24-9-6-10-25(32)31(24)16-20/h3-13,20,22,26H,14-17H2,1-2H3,(H,29,33)/t20-,22-,26-/m0/s1. The molecule has 5 nitrogen and oxygen atoms in total. The molecule has 35 heavy (non-hydrogen) atoms. The number of carbonyl (C=O) groups is 1. The highest BCUT2D eigenvalue weighted by atomic mass is 32.2. The van der Waals surface area contributed by atoms with Crippen LogP contribution in [-0.2, 0) is 11.3 Å². The highest BCUT2D eigenvalue weighted by Crippen LogP contribution is 2.39. The van der Waals surface area contributed by atoms with E-state index < -0.39 is 5.25 Å². The van der Waals surface area contributed by atoms with Gasteiger partial charge in [0.15, 0.2) is 0 Å². The number of nitrogens with zero attached hydrogens (tertiary/aromatic N) is 2. The van der Waals surface area contributed by atoms with Gasteiger partial charge in [0, 0.05) is 43.0 Å². The zero-order valence-corrected chi connectivity index (χ0v) is 21.6. The molecular formula is C28H29N3O2S2. The smallest absolute Gasteiger partial charge is 0.250 e. The minimum absolute atomic E-state index is 0.0775. The first-order chi connectivity index (χ1) is 16.9. The van der Waals surface area contributed by atoms with Crippen LogP contribution in [0.4, 0.5) is 5.69 Å². The van der Waals surface area contributed by atoms with E-state index in [1.54, 1.807) is 6.07 Å². The number of rotatable bonds is 4. The molecule has 0 saturated carbocycles. The molecule has 0 radical (unpaired) electrons. The van der Waals surface area contributed by atoms with E-state index in [1.165, 1.54) is 11.8 Å². The van der Waals surface area contributed by atoms with Crippen LogP contribution in [0.5, 0.6) is 0 Å². The molecule has 3 atom stereocenters. The molecule has 1 amide bonds. The lowest BCUT2D eigenvalue weighted by Gasteiger charge is -2.43. The minimum atomic E-state index is -0.458. The number of likely N-dealkylation sites (tertiary alicyclic amines) is 1. The molecule has 0 unspecified atom stereocenters. The zero-order chi connectivity index (χ0) is 24.5. The number of thioether (sulfide) groups is 1. The summed E-state index contributed by atoms with van der Waals surface area (Å²) in [5, 5.41) is 2.68. The number of piperidine rings is 1. The molecule has 0 aliphatic carbocycles. The minimum Gasteiger partial charge on any atom is -0.356 e. The summed E-state index contributed by atoms with van der Waals surface area (Å²) >= 11 is 7.36. The van der Waals surface area contributed by atoms with Crippen LogP contribution in [0.3, 0.4) is 0 Å². The van der Waals surface area contributed by atoms with Gasteiger partial charge in [0.25, 0.3) is 5.56 Å². The molecule has 3 aromatic rings. The van der Waals surface area contributed by atoms with Gasteiger partial charge >= 0.3 is 0 Å². The zero-order valence-electron chi connectivity index (χ0n) is 19.9. The van der Waals surface area contributed by atoms with Gasteiger partial charge in [0.2, 0.25) is 5.91 Å². The van der Waals surface area contributed by atoms with E-state index in [0.717, 1.165) is 58.4 Å². The third-order valence-corrected chi connectivity index (χ3v) is 8.68. The van der Waals surface area contributed by atoms with Crippen LogP contribution < -0.4 is 10.9 Å². The van der Waals surface area contributed by atoms with Crippen molar-refractivity contribution >= 4 is 39.9 Å². The summed E-state index contributed by atoms with van der Waals surface area (Å²) in [5.74, 6) is 0.569. The number of aromatic nitrogens is 1. The Balaban J connectivity index is 1.36. The lowest BCUT2D eigenvalue weighted by atomic mass is 9.83. The second-order valence-electron chi connectivity index (χ2n) is 9.59. The maximum absolute atomic E-state index is 13.5. The first-order valence-corrected chi connectivity index (χ1v) is 13.3. The Morgan fingerprint density at radius 1 is 1.03 bits per heavy atom. The quantitative estimate of drug-likeness (QED) is 0.491. The number of amides is 1. The number of pyridine rings is 1. The molecule has 180 valence electrons. The van der Waals surface area contributed by atoms with E-state index in [-0.39, 0.29) is 17.4 Å². The fourth-order valence-electron chi connectivity index (χ4n) is 5.19. The number of nitrogens with one attached hydrogen (secondary N) is 1. The van der Waals surface area contributed by atoms with Gasteiger partial charge in [0.1, 0.15) is 9.57 Å². The Hall–Kier alpha value is -2.90. The van der Waals surface area contributed by atoms with E-state index in [2.05, 4.69) is 16.3 Å². The summed E-state index contributed by atoms with van der Waals surface area (Å²) < 4.78 is 2.66. The highest BCUT2D eigenvalue weighted by molar-refractivity contribution is 8.23. The molecule has 7 heteroatoms. The first kappa shape index (κ1) is 23.8. The van der Waals surface area contributed by atoms with Crippen molar-refractivity contribution in [3.8, 4) is 0 Å². The predicted octanol–water partition coefficient (Wildman–Crippen LogP) is 5.28. The number of benzene rings is 2. The monoisotopic (exact) mass is 503 g/mol. The molecule has 1 aromatic heterocycles. The maximum Gasteiger partial charge on any atom is 0.250 e. The fourth-order valence-corrected chi connectivity index (χ4v) is 6.59. The van der Waals surface area contributed by atoms with Crippen molar-refractivity contribution in [3.05, 3.63) is 99.5 Å². The van der Waals surface area contributed by atoms with Gasteiger partial charge < -0.3 is 14.8 Å². The van der Waals surface area contributed by atoms with Gasteiger partial charge in [-0.1, -0.05) is 72.5 Å². The number of carbonyl (C=O) groups excluding carboxylic acids is 1. The van der Waals surface area contributed by atoms with Crippen LogP contribution in [0.1, 0.15) is 40.0 Å². The molecule has 0 spiro atoms. The maximum atomic E-state index is 13.5. The van der Waals surface area contributed by atoms with Crippen LogP contribution in [0, 0.1) is 19.8 Å². The van der Waals surface area contributed by atoms with E-state index in [0.29, 0.717) is 5.92 Å². The van der Waals surface area contributed by atoms with Crippen LogP contribution in [0.15, 0.2) is 71.5 Å². The number of thiocarbonyl (C=S) groups is 1. The number of hydrogen-bond acceptors (Lipinski definition) is 4. The molecule has 2 aromatic carbocycles. The molecule has 5 rings (SSSR count).